The number of pyridine rings is 1. The fraction of sp³-hybridized carbons (Fsp3) is 0.200. The normalized spacial score (nSPS) is 11.6. The molecule has 9 nitrogen and oxygen atoms in total. The van der Waals surface area contributed by atoms with E-state index < -0.39 is 11.5 Å². The highest BCUT2D eigenvalue weighted by Crippen LogP contribution is 2.21. The van der Waals surface area contributed by atoms with Gasteiger partial charge in [-0.2, -0.15) is 10.5 Å². The number of hydrogen-bond acceptors (Lipinski definition) is 8. The van der Waals surface area contributed by atoms with Crippen LogP contribution in [0.3, 0.4) is 0 Å². The number of allylic oxidation sites excluding steroid dienone is 2. The summed E-state index contributed by atoms with van der Waals surface area (Å²) in [4.78, 5) is 34.9. The van der Waals surface area contributed by atoms with Gasteiger partial charge in [0.05, 0.1) is 5.56 Å². The second kappa shape index (κ2) is 10.7. The van der Waals surface area contributed by atoms with Gasteiger partial charge in [-0.1, -0.05) is 0 Å². The minimum absolute atomic E-state index is 0.0910. The number of benzene rings is 1. The van der Waals surface area contributed by atoms with Gasteiger partial charge in [0.15, 0.2) is 11.4 Å². The van der Waals surface area contributed by atoms with Crippen LogP contribution >= 0.6 is 0 Å². The number of carbonyl (C=O) groups is 1. The van der Waals surface area contributed by atoms with E-state index in [2.05, 4.69) is 20.2 Å². The predicted octanol–water partition coefficient (Wildman–Crippen LogP) is 3.45. The standard InChI is InChI=1S/C25H22N6O3/c1-4-31(5-2)19-7-6-17-11-18(25(33)34-23(17)12-19)15-29-21(13-26)22(14-27)30-24(32)20-10-16(3)8-9-28-20/h6-12,15H,4-5H2,1-3H3,(H,30,32)/b22-21-,29-15?. The van der Waals surface area contributed by atoms with Crippen LogP contribution in [0.15, 0.2) is 68.2 Å². The number of rotatable bonds is 7. The average molecular weight is 454 g/mol. The van der Waals surface area contributed by atoms with Crippen LogP contribution in [0.2, 0.25) is 0 Å². The molecular weight excluding hydrogens is 432 g/mol. The molecule has 3 aromatic rings. The van der Waals surface area contributed by atoms with Crippen molar-refractivity contribution in [3.05, 3.63) is 81.2 Å². The molecule has 0 aliphatic heterocycles. The molecule has 3 rings (SSSR count). The van der Waals surface area contributed by atoms with Gasteiger partial charge < -0.3 is 14.6 Å². The van der Waals surface area contributed by atoms with Crippen molar-refractivity contribution in [3.63, 3.8) is 0 Å². The van der Waals surface area contributed by atoms with Gasteiger partial charge in [0.2, 0.25) is 0 Å². The molecule has 0 saturated carbocycles. The highest BCUT2D eigenvalue weighted by atomic mass is 16.4. The Balaban J connectivity index is 1.91. The molecule has 1 aromatic carbocycles. The van der Waals surface area contributed by atoms with Gasteiger partial charge in [0, 0.05) is 42.6 Å². The molecular formula is C25H22N6O3. The van der Waals surface area contributed by atoms with E-state index in [1.165, 1.54) is 6.20 Å². The van der Waals surface area contributed by atoms with E-state index in [0.29, 0.717) is 11.0 Å². The van der Waals surface area contributed by atoms with Gasteiger partial charge >= 0.3 is 5.63 Å². The van der Waals surface area contributed by atoms with Gasteiger partial charge in [-0.05, 0) is 56.7 Å². The number of aromatic nitrogens is 1. The van der Waals surface area contributed by atoms with Crippen LogP contribution in [0.5, 0.6) is 0 Å². The summed E-state index contributed by atoms with van der Waals surface area (Å²) < 4.78 is 5.44. The first-order chi connectivity index (χ1) is 16.4. The second-order valence-electron chi connectivity index (χ2n) is 7.26. The number of nitrogens with one attached hydrogen (secondary N) is 1. The maximum absolute atomic E-state index is 12.5. The molecule has 0 aliphatic rings. The first kappa shape index (κ1) is 23.9. The van der Waals surface area contributed by atoms with Gasteiger partial charge in [0.1, 0.15) is 23.4 Å². The lowest BCUT2D eigenvalue weighted by Gasteiger charge is -2.20. The Morgan fingerprint density at radius 2 is 1.94 bits per heavy atom. The molecule has 34 heavy (non-hydrogen) atoms. The van der Waals surface area contributed by atoms with Crippen LogP contribution < -0.4 is 15.8 Å². The molecule has 2 heterocycles. The smallest absolute Gasteiger partial charge is 0.345 e. The zero-order valence-electron chi connectivity index (χ0n) is 19.0. The fourth-order valence-corrected chi connectivity index (χ4v) is 3.25. The van der Waals surface area contributed by atoms with Crippen molar-refractivity contribution in [1.29, 1.82) is 10.5 Å². The lowest BCUT2D eigenvalue weighted by Crippen LogP contribution is -2.24. The summed E-state index contributed by atoms with van der Waals surface area (Å²) in [6.07, 6.45) is 2.60. The van der Waals surface area contributed by atoms with Crippen molar-refractivity contribution in [3.8, 4) is 12.1 Å². The van der Waals surface area contributed by atoms with Crippen LogP contribution in [-0.2, 0) is 0 Å². The Bertz CT molecular complexity index is 1440. The Kier molecular flexibility index (Phi) is 7.52. The molecule has 1 amide bonds. The summed E-state index contributed by atoms with van der Waals surface area (Å²) in [7, 11) is 0. The molecule has 0 spiro atoms. The number of nitriles is 2. The SMILES string of the molecule is CCN(CC)c1ccc2cc(C=N/C(C#N)=C(/C#N)NC(=O)c3cc(C)ccn3)c(=O)oc2c1. The summed E-state index contributed by atoms with van der Waals surface area (Å²) in [6, 6.07) is 13.9. The van der Waals surface area contributed by atoms with E-state index in [1.54, 1.807) is 43.3 Å². The van der Waals surface area contributed by atoms with Crippen LogP contribution in [-0.4, -0.2) is 30.2 Å². The first-order valence-electron chi connectivity index (χ1n) is 10.6. The molecule has 0 aliphatic carbocycles. The van der Waals surface area contributed by atoms with Crippen LogP contribution in [0.25, 0.3) is 11.0 Å². The summed E-state index contributed by atoms with van der Waals surface area (Å²) >= 11 is 0. The number of amides is 1. The Morgan fingerprint density at radius 1 is 1.18 bits per heavy atom. The van der Waals surface area contributed by atoms with Crippen LogP contribution in [0, 0.1) is 29.6 Å². The van der Waals surface area contributed by atoms with Gasteiger partial charge in [-0.3, -0.25) is 9.78 Å². The van der Waals surface area contributed by atoms with E-state index in [1.807, 2.05) is 26.0 Å². The monoisotopic (exact) mass is 454 g/mol. The average Bonchev–Trinajstić information content (AvgIpc) is 2.84. The highest BCUT2D eigenvalue weighted by Gasteiger charge is 2.14. The molecule has 2 aromatic heterocycles. The molecule has 0 atom stereocenters. The fourth-order valence-electron chi connectivity index (χ4n) is 3.25. The number of carbonyl (C=O) groups excluding carboxylic acids is 1. The number of aliphatic imine (C=N–C) groups is 1. The number of nitrogens with zero attached hydrogens (tertiary/aromatic N) is 5. The molecule has 9 heteroatoms. The van der Waals surface area contributed by atoms with Crippen molar-refractivity contribution in [2.75, 3.05) is 18.0 Å². The molecule has 1 N–H and O–H groups in total. The largest absolute Gasteiger partial charge is 0.422 e. The molecule has 0 saturated heterocycles. The topological polar surface area (TPSA) is 135 Å². The number of aryl methyl sites for hydroxylation is 1. The third-order valence-electron chi connectivity index (χ3n) is 5.05. The minimum atomic E-state index is -0.655. The van der Waals surface area contributed by atoms with E-state index in [0.717, 1.165) is 30.6 Å². The van der Waals surface area contributed by atoms with E-state index in [9.17, 15) is 20.1 Å². The summed E-state index contributed by atoms with van der Waals surface area (Å²) in [6.45, 7) is 7.51. The lowest BCUT2D eigenvalue weighted by atomic mass is 10.1. The lowest BCUT2D eigenvalue weighted by molar-refractivity contribution is 0.0962. The van der Waals surface area contributed by atoms with Crippen molar-refractivity contribution in [2.45, 2.75) is 20.8 Å². The second-order valence-corrected chi connectivity index (χ2v) is 7.26. The van der Waals surface area contributed by atoms with Gasteiger partial charge in [-0.25, -0.2) is 9.79 Å². The van der Waals surface area contributed by atoms with Crippen LogP contribution in [0.4, 0.5) is 5.69 Å². The molecule has 0 radical (unpaired) electrons. The van der Waals surface area contributed by atoms with Crippen LogP contribution in [0.1, 0.15) is 35.5 Å². The summed E-state index contributed by atoms with van der Waals surface area (Å²) in [5.74, 6) is -0.655. The van der Waals surface area contributed by atoms with Crippen molar-refractivity contribution in [1.82, 2.24) is 10.3 Å². The maximum atomic E-state index is 12.5. The number of anilines is 1. The van der Waals surface area contributed by atoms with Crippen molar-refractivity contribution >= 4 is 28.8 Å². The molecule has 0 bridgehead atoms. The predicted molar refractivity (Wildman–Crippen MR) is 128 cm³/mol. The minimum Gasteiger partial charge on any atom is -0.422 e. The Morgan fingerprint density at radius 3 is 2.59 bits per heavy atom. The number of hydrogen-bond donors (Lipinski definition) is 1. The molecule has 170 valence electrons. The molecule has 0 unspecified atom stereocenters. The van der Waals surface area contributed by atoms with Gasteiger partial charge in [-0.15, -0.1) is 0 Å². The maximum Gasteiger partial charge on any atom is 0.345 e. The highest BCUT2D eigenvalue weighted by molar-refractivity contribution is 5.94. The van der Waals surface area contributed by atoms with Crippen molar-refractivity contribution in [2.24, 2.45) is 4.99 Å². The first-order valence-corrected chi connectivity index (χ1v) is 10.6. The summed E-state index contributed by atoms with van der Waals surface area (Å²) in [5, 5.41) is 21.9. The quantitative estimate of drug-likeness (QED) is 0.328. The zero-order chi connectivity index (χ0) is 24.7. The Labute approximate surface area is 196 Å². The number of fused-ring (bicyclic) bond motifs is 1. The van der Waals surface area contributed by atoms with Crippen molar-refractivity contribution < 1.29 is 9.21 Å². The molecule has 0 fully saturated rings. The van der Waals surface area contributed by atoms with E-state index in [4.69, 9.17) is 4.42 Å². The Hall–Kier alpha value is -4.76. The van der Waals surface area contributed by atoms with E-state index >= 15 is 0 Å². The summed E-state index contributed by atoms with van der Waals surface area (Å²) in [5.41, 5.74) is 1.01. The van der Waals surface area contributed by atoms with E-state index in [-0.39, 0.29) is 22.7 Å². The zero-order valence-corrected chi connectivity index (χ0v) is 19.0. The third kappa shape index (κ3) is 5.34. The van der Waals surface area contributed by atoms with Gasteiger partial charge in [0.25, 0.3) is 5.91 Å². The third-order valence-corrected chi connectivity index (χ3v) is 5.05.